The maximum absolute atomic E-state index is 13.6. The van der Waals surface area contributed by atoms with Crippen LogP contribution < -0.4 is 5.32 Å². The fourth-order valence-corrected chi connectivity index (χ4v) is 5.49. The molecular weight excluding hydrogens is 444 g/mol. The highest BCUT2D eigenvalue weighted by molar-refractivity contribution is 7.10. The zero-order valence-electron chi connectivity index (χ0n) is 18.3. The summed E-state index contributed by atoms with van der Waals surface area (Å²) in [6.07, 6.45) is 7.60. The number of hydrogen-bond acceptors (Lipinski definition) is 4. The van der Waals surface area contributed by atoms with Gasteiger partial charge in [0.1, 0.15) is 6.04 Å². The number of carbonyl (C=O) groups is 2. The third-order valence-electron chi connectivity index (χ3n) is 6.35. The van der Waals surface area contributed by atoms with Gasteiger partial charge in [0, 0.05) is 29.1 Å². The Morgan fingerprint density at radius 1 is 1.09 bits per heavy atom. The van der Waals surface area contributed by atoms with Crippen LogP contribution in [0.25, 0.3) is 0 Å². The van der Waals surface area contributed by atoms with Gasteiger partial charge in [-0.1, -0.05) is 49.1 Å². The van der Waals surface area contributed by atoms with E-state index in [9.17, 15) is 9.59 Å². The fourth-order valence-electron chi connectivity index (χ4n) is 4.67. The molecule has 5 nitrogen and oxygen atoms in total. The van der Waals surface area contributed by atoms with Gasteiger partial charge in [0.2, 0.25) is 11.8 Å². The van der Waals surface area contributed by atoms with Crippen molar-refractivity contribution >= 4 is 34.8 Å². The molecule has 0 radical (unpaired) electrons. The molecule has 2 amide bonds. The van der Waals surface area contributed by atoms with E-state index in [1.807, 2.05) is 29.6 Å². The number of carbonyl (C=O) groups excluding carboxylic acids is 2. The zero-order chi connectivity index (χ0) is 22.3. The number of hydrogen-bond donors (Lipinski definition) is 1. The molecule has 1 saturated carbocycles. The standard InChI is InChI=1S/C25H31ClN2O3S/c26-19-12-10-18(11-13-19)24(25(30)27-20-6-2-1-3-7-20)28(17-21-8-4-14-31-21)23(29)16-22-9-5-15-32-22/h5,9-13,15,20-21,24H,1-4,6-8,14,16-17H2,(H,27,30)/t21-,24+/m1/s1. The third kappa shape index (κ3) is 6.12. The summed E-state index contributed by atoms with van der Waals surface area (Å²) in [6, 6.07) is 10.7. The lowest BCUT2D eigenvalue weighted by molar-refractivity contribution is -0.142. The van der Waals surface area contributed by atoms with Crippen molar-refractivity contribution in [2.24, 2.45) is 0 Å². The van der Waals surface area contributed by atoms with E-state index in [-0.39, 0.29) is 30.4 Å². The summed E-state index contributed by atoms with van der Waals surface area (Å²) < 4.78 is 5.86. The molecule has 1 aromatic heterocycles. The van der Waals surface area contributed by atoms with Crippen molar-refractivity contribution in [3.05, 3.63) is 57.2 Å². The van der Waals surface area contributed by atoms with Crippen LogP contribution in [-0.4, -0.2) is 42.0 Å². The first-order chi connectivity index (χ1) is 15.6. The minimum absolute atomic E-state index is 0.0421. The van der Waals surface area contributed by atoms with E-state index in [0.29, 0.717) is 18.2 Å². The number of amides is 2. The molecule has 1 saturated heterocycles. The van der Waals surface area contributed by atoms with Gasteiger partial charge in [-0.15, -0.1) is 11.3 Å². The predicted octanol–water partition coefficient (Wildman–Crippen LogP) is 5.14. The predicted molar refractivity (Wildman–Crippen MR) is 128 cm³/mol. The summed E-state index contributed by atoms with van der Waals surface area (Å²) in [7, 11) is 0. The van der Waals surface area contributed by atoms with Crippen LogP contribution in [0.3, 0.4) is 0 Å². The summed E-state index contributed by atoms with van der Waals surface area (Å²) in [5, 5.41) is 5.83. The number of nitrogens with zero attached hydrogens (tertiary/aromatic N) is 1. The van der Waals surface area contributed by atoms with Crippen molar-refractivity contribution in [2.75, 3.05) is 13.2 Å². The number of rotatable bonds is 8. The summed E-state index contributed by atoms with van der Waals surface area (Å²) in [5.41, 5.74) is 0.778. The van der Waals surface area contributed by atoms with Crippen LogP contribution in [0.4, 0.5) is 0 Å². The van der Waals surface area contributed by atoms with Crippen molar-refractivity contribution in [1.29, 1.82) is 0 Å². The molecule has 2 atom stereocenters. The third-order valence-corrected chi connectivity index (χ3v) is 7.48. The Labute approximate surface area is 199 Å². The Morgan fingerprint density at radius 3 is 2.53 bits per heavy atom. The van der Waals surface area contributed by atoms with E-state index in [2.05, 4.69) is 5.32 Å². The molecule has 1 aromatic carbocycles. The quantitative estimate of drug-likeness (QED) is 0.576. The molecule has 32 heavy (non-hydrogen) atoms. The molecule has 4 rings (SSSR count). The Hall–Kier alpha value is -1.89. The van der Waals surface area contributed by atoms with Gasteiger partial charge in [-0.05, 0) is 54.8 Å². The normalized spacial score (nSPS) is 20.1. The number of nitrogens with one attached hydrogen (secondary N) is 1. The topological polar surface area (TPSA) is 58.6 Å². The average Bonchev–Trinajstić information content (AvgIpc) is 3.49. The zero-order valence-corrected chi connectivity index (χ0v) is 19.9. The second kappa shape index (κ2) is 11.3. The molecule has 172 valence electrons. The maximum atomic E-state index is 13.6. The number of benzene rings is 1. The molecule has 2 aliphatic rings. The highest BCUT2D eigenvalue weighted by Gasteiger charge is 2.35. The van der Waals surface area contributed by atoms with Crippen molar-refractivity contribution in [2.45, 2.75) is 69.6 Å². The minimum atomic E-state index is -0.703. The second-order valence-electron chi connectivity index (χ2n) is 8.73. The number of thiophene rings is 1. The fraction of sp³-hybridized carbons (Fsp3) is 0.520. The first-order valence-corrected chi connectivity index (χ1v) is 12.8. The van der Waals surface area contributed by atoms with E-state index in [1.165, 1.54) is 6.42 Å². The smallest absolute Gasteiger partial charge is 0.247 e. The number of halogens is 1. The van der Waals surface area contributed by atoms with E-state index in [1.54, 1.807) is 28.4 Å². The number of ether oxygens (including phenoxy) is 1. The average molecular weight is 475 g/mol. The molecule has 1 aliphatic heterocycles. The monoisotopic (exact) mass is 474 g/mol. The van der Waals surface area contributed by atoms with Gasteiger partial charge in [-0.2, -0.15) is 0 Å². The molecule has 1 aliphatic carbocycles. The highest BCUT2D eigenvalue weighted by atomic mass is 35.5. The van der Waals surface area contributed by atoms with Crippen LogP contribution in [0.2, 0.25) is 5.02 Å². The van der Waals surface area contributed by atoms with Crippen LogP contribution in [0.1, 0.15) is 61.4 Å². The lowest BCUT2D eigenvalue weighted by Crippen LogP contribution is -2.49. The molecule has 2 aromatic rings. The van der Waals surface area contributed by atoms with E-state index < -0.39 is 6.04 Å². The Bertz CT molecular complexity index is 875. The molecule has 2 fully saturated rings. The van der Waals surface area contributed by atoms with E-state index in [4.69, 9.17) is 16.3 Å². The maximum Gasteiger partial charge on any atom is 0.247 e. The summed E-state index contributed by atoms with van der Waals surface area (Å²) in [4.78, 5) is 29.9. The second-order valence-corrected chi connectivity index (χ2v) is 10.2. The summed E-state index contributed by atoms with van der Waals surface area (Å²) >= 11 is 7.69. The molecule has 1 N–H and O–H groups in total. The summed E-state index contributed by atoms with van der Waals surface area (Å²) in [6.45, 7) is 1.12. The largest absolute Gasteiger partial charge is 0.376 e. The highest BCUT2D eigenvalue weighted by Crippen LogP contribution is 2.28. The van der Waals surface area contributed by atoms with Crippen molar-refractivity contribution in [1.82, 2.24) is 10.2 Å². The molecule has 2 heterocycles. The SMILES string of the molecule is O=C(NC1CCCCC1)[C@H](c1ccc(Cl)cc1)N(C[C@H]1CCCO1)C(=O)Cc1cccs1. The molecule has 7 heteroatoms. The van der Waals surface area contributed by atoms with Gasteiger partial charge in [0.25, 0.3) is 0 Å². The van der Waals surface area contributed by atoms with Gasteiger partial charge in [0.05, 0.1) is 12.5 Å². The van der Waals surface area contributed by atoms with Gasteiger partial charge in [-0.25, -0.2) is 0 Å². The lowest BCUT2D eigenvalue weighted by Gasteiger charge is -2.34. The van der Waals surface area contributed by atoms with Gasteiger partial charge >= 0.3 is 0 Å². The molecular formula is C25H31ClN2O3S. The van der Waals surface area contributed by atoms with Crippen LogP contribution in [0.15, 0.2) is 41.8 Å². The van der Waals surface area contributed by atoms with Crippen molar-refractivity contribution in [3.63, 3.8) is 0 Å². The molecule has 0 bridgehead atoms. The van der Waals surface area contributed by atoms with Crippen LogP contribution in [0, 0.1) is 0 Å². The first kappa shape index (κ1) is 23.3. The van der Waals surface area contributed by atoms with Gasteiger partial charge in [0.15, 0.2) is 0 Å². The lowest BCUT2D eigenvalue weighted by atomic mass is 9.94. The Balaban J connectivity index is 1.62. The van der Waals surface area contributed by atoms with Gasteiger partial charge < -0.3 is 15.0 Å². The summed E-state index contributed by atoms with van der Waals surface area (Å²) in [5.74, 6) is -0.168. The van der Waals surface area contributed by atoms with Crippen molar-refractivity contribution < 1.29 is 14.3 Å². The van der Waals surface area contributed by atoms with E-state index in [0.717, 1.165) is 49.0 Å². The molecule has 0 unspecified atom stereocenters. The van der Waals surface area contributed by atoms with Crippen molar-refractivity contribution in [3.8, 4) is 0 Å². The van der Waals surface area contributed by atoms with Crippen LogP contribution in [-0.2, 0) is 20.7 Å². The van der Waals surface area contributed by atoms with Crippen LogP contribution in [0.5, 0.6) is 0 Å². The van der Waals surface area contributed by atoms with Gasteiger partial charge in [-0.3, -0.25) is 9.59 Å². The van der Waals surface area contributed by atoms with E-state index >= 15 is 0 Å². The Kier molecular flexibility index (Phi) is 8.22. The van der Waals surface area contributed by atoms with Crippen LogP contribution >= 0.6 is 22.9 Å². The first-order valence-electron chi connectivity index (χ1n) is 11.6. The molecule has 0 spiro atoms. The Morgan fingerprint density at radius 2 is 1.88 bits per heavy atom. The minimum Gasteiger partial charge on any atom is -0.376 e.